The molecule has 0 saturated carbocycles. The van der Waals surface area contributed by atoms with Crippen molar-refractivity contribution in [2.45, 2.75) is 39.5 Å². The van der Waals surface area contributed by atoms with E-state index in [-0.39, 0.29) is 30.5 Å². The molecule has 168 valence electrons. The highest BCUT2D eigenvalue weighted by atomic mass is 127. The second kappa shape index (κ2) is 11.2. The van der Waals surface area contributed by atoms with Crippen molar-refractivity contribution in [3.63, 3.8) is 0 Å². The summed E-state index contributed by atoms with van der Waals surface area (Å²) in [5.41, 5.74) is 1.46. The van der Waals surface area contributed by atoms with Gasteiger partial charge in [-0.2, -0.15) is 13.2 Å². The quantitative estimate of drug-likeness (QED) is 0.247. The van der Waals surface area contributed by atoms with E-state index in [1.807, 2.05) is 26.0 Å². The molecule has 0 saturated heterocycles. The summed E-state index contributed by atoms with van der Waals surface area (Å²) in [5.74, 6) is 2.00. The van der Waals surface area contributed by atoms with Gasteiger partial charge in [-0.15, -0.1) is 24.0 Å². The lowest BCUT2D eigenvalue weighted by Crippen LogP contribution is -2.38. The zero-order valence-electron chi connectivity index (χ0n) is 17.1. The number of nitrogens with one attached hydrogen (secondary N) is 2. The maximum Gasteiger partial charge on any atom is 0.416 e. The molecule has 2 heterocycles. The molecule has 0 atom stereocenters. The number of aliphatic imine (C=N–C) groups is 1. The Bertz CT molecular complexity index is 965. The molecule has 1 aromatic carbocycles. The fourth-order valence-corrected chi connectivity index (χ4v) is 2.88. The van der Waals surface area contributed by atoms with Crippen molar-refractivity contribution in [3.05, 3.63) is 76.6 Å². The average molecular weight is 548 g/mol. The molecule has 3 aromatic rings. The van der Waals surface area contributed by atoms with Gasteiger partial charge in [0, 0.05) is 25.1 Å². The van der Waals surface area contributed by atoms with Crippen LogP contribution in [0.2, 0.25) is 0 Å². The van der Waals surface area contributed by atoms with Crippen LogP contribution >= 0.6 is 24.0 Å². The molecular weight excluding hydrogens is 524 g/mol. The Morgan fingerprint density at radius 3 is 2.58 bits per heavy atom. The van der Waals surface area contributed by atoms with Gasteiger partial charge in [-0.25, -0.2) is 4.99 Å². The molecule has 0 radical (unpaired) electrons. The number of halogens is 4. The van der Waals surface area contributed by atoms with Gasteiger partial charge in [-0.3, -0.25) is 0 Å². The summed E-state index contributed by atoms with van der Waals surface area (Å²) in [6.45, 7) is 4.74. The molecule has 6 nitrogen and oxygen atoms in total. The van der Waals surface area contributed by atoms with E-state index >= 15 is 0 Å². The highest BCUT2D eigenvalue weighted by Gasteiger charge is 2.30. The highest BCUT2D eigenvalue weighted by Crippen LogP contribution is 2.29. The Morgan fingerprint density at radius 1 is 1.13 bits per heavy atom. The number of hydrogen-bond donors (Lipinski definition) is 2. The zero-order chi connectivity index (χ0) is 21.6. The molecule has 10 heteroatoms. The Hall–Kier alpha value is -2.50. The van der Waals surface area contributed by atoms with Gasteiger partial charge in [0.1, 0.15) is 11.5 Å². The van der Waals surface area contributed by atoms with Crippen molar-refractivity contribution in [3.8, 4) is 0 Å². The van der Waals surface area contributed by atoms with Crippen molar-refractivity contribution in [2.75, 3.05) is 6.54 Å². The van der Waals surface area contributed by atoms with Crippen LogP contribution in [0.1, 0.15) is 33.9 Å². The minimum Gasteiger partial charge on any atom is -0.469 e. The van der Waals surface area contributed by atoms with E-state index in [0.717, 1.165) is 29.2 Å². The van der Waals surface area contributed by atoms with E-state index in [9.17, 15) is 13.2 Å². The molecular formula is C21H24F3IN4O2. The molecule has 2 N–H and O–H groups in total. The van der Waals surface area contributed by atoms with Crippen LogP contribution < -0.4 is 10.6 Å². The lowest BCUT2D eigenvalue weighted by Gasteiger charge is -2.13. The predicted molar refractivity (Wildman–Crippen MR) is 121 cm³/mol. The molecule has 0 amide bonds. The van der Waals surface area contributed by atoms with Crippen LogP contribution in [0.25, 0.3) is 0 Å². The van der Waals surface area contributed by atoms with Gasteiger partial charge in [0.15, 0.2) is 5.96 Å². The largest absolute Gasteiger partial charge is 0.469 e. The predicted octanol–water partition coefficient (Wildman–Crippen LogP) is 5.00. The third-order valence-corrected chi connectivity index (χ3v) is 4.53. The Morgan fingerprint density at radius 2 is 1.94 bits per heavy atom. The van der Waals surface area contributed by atoms with Crippen molar-refractivity contribution < 1.29 is 22.1 Å². The molecule has 3 rings (SSSR count). The standard InChI is InChI=1S/C21H23F3N4O2.HI/c1-14-19(15(2)30-28-14)13-27-20(25-9-8-18-7-4-10-29-18)26-12-16-5-3-6-17(11-16)21(22,23)24;/h3-7,10-11H,8-9,12-13H2,1-2H3,(H2,25,26,27);1H. The maximum atomic E-state index is 12.9. The molecule has 31 heavy (non-hydrogen) atoms. The number of hydrogen-bond acceptors (Lipinski definition) is 4. The van der Waals surface area contributed by atoms with Crippen molar-refractivity contribution in [2.24, 2.45) is 4.99 Å². The van der Waals surface area contributed by atoms with Crippen molar-refractivity contribution in [1.82, 2.24) is 15.8 Å². The van der Waals surface area contributed by atoms with Crippen molar-refractivity contribution in [1.29, 1.82) is 0 Å². The smallest absolute Gasteiger partial charge is 0.416 e. The monoisotopic (exact) mass is 548 g/mol. The maximum absolute atomic E-state index is 12.9. The van der Waals surface area contributed by atoms with Crippen LogP contribution in [0.3, 0.4) is 0 Å². The van der Waals surface area contributed by atoms with E-state index in [0.29, 0.717) is 36.8 Å². The molecule has 2 aromatic heterocycles. The summed E-state index contributed by atoms with van der Waals surface area (Å²) >= 11 is 0. The number of nitrogens with zero attached hydrogens (tertiary/aromatic N) is 2. The molecule has 0 aliphatic heterocycles. The van der Waals surface area contributed by atoms with E-state index < -0.39 is 11.7 Å². The minimum atomic E-state index is -4.38. The summed E-state index contributed by atoms with van der Waals surface area (Å²) in [5, 5.41) is 10.3. The molecule has 0 bridgehead atoms. The topological polar surface area (TPSA) is 75.6 Å². The first-order valence-corrected chi connectivity index (χ1v) is 9.45. The first-order chi connectivity index (χ1) is 14.3. The highest BCUT2D eigenvalue weighted by molar-refractivity contribution is 14.0. The third-order valence-electron chi connectivity index (χ3n) is 4.53. The minimum absolute atomic E-state index is 0. The number of rotatable bonds is 7. The van der Waals surface area contributed by atoms with Crippen LogP contribution in [0.4, 0.5) is 13.2 Å². The lowest BCUT2D eigenvalue weighted by molar-refractivity contribution is -0.137. The first-order valence-electron chi connectivity index (χ1n) is 9.45. The van der Waals surface area contributed by atoms with Gasteiger partial charge < -0.3 is 19.6 Å². The number of aromatic nitrogens is 1. The fourth-order valence-electron chi connectivity index (χ4n) is 2.88. The van der Waals surface area contributed by atoms with Crippen LogP contribution in [0.5, 0.6) is 0 Å². The number of guanidine groups is 1. The van der Waals surface area contributed by atoms with Crippen LogP contribution in [-0.2, 0) is 25.7 Å². The second-order valence-electron chi connectivity index (χ2n) is 6.78. The zero-order valence-corrected chi connectivity index (χ0v) is 19.5. The summed E-state index contributed by atoms with van der Waals surface area (Å²) in [7, 11) is 0. The van der Waals surface area contributed by atoms with Gasteiger partial charge >= 0.3 is 6.18 Å². The van der Waals surface area contributed by atoms with Gasteiger partial charge in [0.05, 0.1) is 24.1 Å². The van der Waals surface area contributed by atoms with E-state index in [4.69, 9.17) is 8.94 Å². The van der Waals surface area contributed by atoms with E-state index in [1.165, 1.54) is 6.07 Å². The Kier molecular flexibility index (Phi) is 8.96. The average Bonchev–Trinajstić information content (AvgIpc) is 3.33. The first kappa shape index (κ1) is 24.8. The summed E-state index contributed by atoms with van der Waals surface area (Å²) < 4.78 is 49.3. The van der Waals surface area contributed by atoms with Gasteiger partial charge in [-0.05, 0) is 43.7 Å². The van der Waals surface area contributed by atoms with Crippen LogP contribution in [-0.4, -0.2) is 17.7 Å². The Balaban J connectivity index is 0.00000341. The number of alkyl halides is 3. The van der Waals surface area contributed by atoms with Gasteiger partial charge in [0.2, 0.25) is 0 Å². The molecule has 0 spiro atoms. The fraction of sp³-hybridized carbons (Fsp3) is 0.333. The van der Waals surface area contributed by atoms with Crippen LogP contribution in [0, 0.1) is 13.8 Å². The summed E-state index contributed by atoms with van der Waals surface area (Å²) in [4.78, 5) is 4.44. The third kappa shape index (κ3) is 7.30. The second-order valence-corrected chi connectivity index (χ2v) is 6.78. The lowest BCUT2D eigenvalue weighted by atomic mass is 10.1. The summed E-state index contributed by atoms with van der Waals surface area (Å²) in [6.07, 6.45) is -2.14. The molecule has 0 fully saturated rings. The van der Waals surface area contributed by atoms with Gasteiger partial charge in [0.25, 0.3) is 0 Å². The van der Waals surface area contributed by atoms with Gasteiger partial charge in [-0.1, -0.05) is 17.3 Å². The molecule has 0 unspecified atom stereocenters. The van der Waals surface area contributed by atoms with E-state index in [2.05, 4.69) is 20.8 Å². The Labute approximate surface area is 195 Å². The number of furan rings is 1. The summed E-state index contributed by atoms with van der Waals surface area (Å²) in [6, 6.07) is 8.85. The normalized spacial score (nSPS) is 11.8. The molecule has 0 aliphatic rings. The number of benzene rings is 1. The molecule has 0 aliphatic carbocycles. The van der Waals surface area contributed by atoms with E-state index in [1.54, 1.807) is 12.3 Å². The van der Waals surface area contributed by atoms with Crippen LogP contribution in [0.15, 0.2) is 56.6 Å². The van der Waals surface area contributed by atoms with Crippen molar-refractivity contribution >= 4 is 29.9 Å². The SMILES string of the molecule is Cc1noc(C)c1CNC(=NCc1cccc(C(F)(F)F)c1)NCCc1ccco1.I. The number of aryl methyl sites for hydroxylation is 2.